The van der Waals surface area contributed by atoms with Crippen LogP contribution in [0.5, 0.6) is 0 Å². The third-order valence-corrected chi connectivity index (χ3v) is 5.63. The lowest BCUT2D eigenvalue weighted by atomic mass is 10.0. The van der Waals surface area contributed by atoms with Gasteiger partial charge in [-0.25, -0.2) is 4.79 Å². The van der Waals surface area contributed by atoms with E-state index >= 15 is 0 Å². The van der Waals surface area contributed by atoms with Crippen LogP contribution in [0.2, 0.25) is 0 Å². The Morgan fingerprint density at radius 2 is 1.73 bits per heavy atom. The van der Waals surface area contributed by atoms with Crippen LogP contribution >= 0.6 is 0 Å². The number of nitrogens with zero attached hydrogens (tertiary/aromatic N) is 2. The summed E-state index contributed by atoms with van der Waals surface area (Å²) in [6.45, 7) is 4.87. The molecule has 0 aromatic heterocycles. The molecule has 3 rings (SSSR count). The zero-order chi connectivity index (χ0) is 21.5. The second-order valence-corrected chi connectivity index (χ2v) is 7.49. The third kappa shape index (κ3) is 4.82. The van der Waals surface area contributed by atoms with E-state index < -0.39 is 18.2 Å². The molecular formula is C24H30N2O4. The van der Waals surface area contributed by atoms with Crippen LogP contribution in [0.4, 0.5) is 4.79 Å². The lowest BCUT2D eigenvalue weighted by Crippen LogP contribution is -2.52. The van der Waals surface area contributed by atoms with Gasteiger partial charge < -0.3 is 14.7 Å². The molecule has 2 unspecified atom stereocenters. The van der Waals surface area contributed by atoms with Crippen molar-refractivity contribution in [2.24, 2.45) is 0 Å². The van der Waals surface area contributed by atoms with Crippen molar-refractivity contribution in [1.82, 2.24) is 9.80 Å². The van der Waals surface area contributed by atoms with Crippen LogP contribution < -0.4 is 0 Å². The van der Waals surface area contributed by atoms with Gasteiger partial charge in [0.1, 0.15) is 12.6 Å². The van der Waals surface area contributed by atoms with Crippen LogP contribution in [0.1, 0.15) is 43.9 Å². The van der Waals surface area contributed by atoms with Crippen LogP contribution in [0.3, 0.4) is 0 Å². The molecule has 1 fully saturated rings. The number of amides is 2. The maximum absolute atomic E-state index is 13.5. The summed E-state index contributed by atoms with van der Waals surface area (Å²) < 4.78 is 5.43. The van der Waals surface area contributed by atoms with Gasteiger partial charge in [0.2, 0.25) is 5.91 Å². The maximum atomic E-state index is 13.5. The fraction of sp³-hybridized carbons (Fsp3) is 0.417. The number of carbonyl (C=O) groups is 2. The van der Waals surface area contributed by atoms with Gasteiger partial charge in [-0.15, -0.1) is 0 Å². The van der Waals surface area contributed by atoms with Crippen molar-refractivity contribution in [3.05, 3.63) is 71.8 Å². The molecule has 3 atom stereocenters. The van der Waals surface area contributed by atoms with Crippen LogP contribution in [0.25, 0.3) is 0 Å². The van der Waals surface area contributed by atoms with Crippen LogP contribution in [0, 0.1) is 0 Å². The van der Waals surface area contributed by atoms with Crippen molar-refractivity contribution in [1.29, 1.82) is 0 Å². The molecule has 2 amide bonds. The number of ether oxygens (including phenoxy) is 1. The average molecular weight is 411 g/mol. The second kappa shape index (κ2) is 10.3. The molecule has 6 nitrogen and oxygen atoms in total. The van der Waals surface area contributed by atoms with Crippen LogP contribution in [0.15, 0.2) is 60.7 Å². The first-order chi connectivity index (χ1) is 14.6. The summed E-state index contributed by atoms with van der Waals surface area (Å²) in [4.78, 5) is 29.3. The third-order valence-electron chi connectivity index (χ3n) is 5.63. The number of likely N-dealkylation sites (tertiary alicyclic amines) is 1. The van der Waals surface area contributed by atoms with E-state index in [4.69, 9.17) is 4.74 Å². The highest BCUT2D eigenvalue weighted by Crippen LogP contribution is 2.28. The van der Waals surface area contributed by atoms with E-state index in [1.54, 1.807) is 4.90 Å². The summed E-state index contributed by atoms with van der Waals surface area (Å²) in [6.07, 6.45) is -0.372. The standard InChI is InChI=1S/C24H30N2O4/c1-3-20(19-13-9-6-10-14-19)25(4-2)23(28)22-21(27)15-16-26(22)24(29)30-17-18-11-7-5-8-12-18/h5-14,20-22,27H,3-4,15-17H2,1-2H3/t20?,21?,22-/m0/s1. The van der Waals surface area contributed by atoms with Gasteiger partial charge in [-0.1, -0.05) is 67.6 Å². The zero-order valence-electron chi connectivity index (χ0n) is 17.6. The Hall–Kier alpha value is -2.86. The number of carbonyl (C=O) groups excluding carboxylic acids is 2. The molecule has 160 valence electrons. The average Bonchev–Trinajstić information content (AvgIpc) is 3.18. The summed E-state index contributed by atoms with van der Waals surface area (Å²) in [5.74, 6) is -0.241. The molecule has 1 aliphatic rings. The quantitative estimate of drug-likeness (QED) is 0.755. The first-order valence-corrected chi connectivity index (χ1v) is 10.6. The van der Waals surface area contributed by atoms with Crippen molar-refractivity contribution < 1.29 is 19.4 Å². The largest absolute Gasteiger partial charge is 0.445 e. The molecule has 0 aliphatic carbocycles. The van der Waals surface area contributed by atoms with Gasteiger partial charge >= 0.3 is 6.09 Å². The Morgan fingerprint density at radius 1 is 1.10 bits per heavy atom. The molecule has 1 saturated heterocycles. The van der Waals surface area contributed by atoms with Crippen molar-refractivity contribution in [3.8, 4) is 0 Å². The van der Waals surface area contributed by atoms with Crippen LogP contribution in [-0.4, -0.2) is 52.1 Å². The Kier molecular flexibility index (Phi) is 7.46. The van der Waals surface area contributed by atoms with E-state index in [9.17, 15) is 14.7 Å². The molecular weight excluding hydrogens is 380 g/mol. The van der Waals surface area contributed by atoms with E-state index in [-0.39, 0.29) is 18.6 Å². The molecule has 30 heavy (non-hydrogen) atoms. The number of benzene rings is 2. The first-order valence-electron chi connectivity index (χ1n) is 10.6. The summed E-state index contributed by atoms with van der Waals surface area (Å²) in [6, 6.07) is 18.2. The second-order valence-electron chi connectivity index (χ2n) is 7.49. The zero-order valence-corrected chi connectivity index (χ0v) is 17.6. The number of likely N-dealkylation sites (N-methyl/N-ethyl adjacent to an activating group) is 1. The summed E-state index contributed by atoms with van der Waals surface area (Å²) in [5, 5.41) is 10.5. The molecule has 1 heterocycles. The van der Waals surface area contributed by atoms with Crippen molar-refractivity contribution in [3.63, 3.8) is 0 Å². The first kappa shape index (κ1) is 21.8. The minimum atomic E-state index is -0.925. The SMILES string of the molecule is CCC(c1ccccc1)N(CC)C(=O)[C@@H]1C(O)CCN1C(=O)OCc1ccccc1. The molecule has 1 N–H and O–H groups in total. The van der Waals surface area contributed by atoms with Gasteiger partial charge in [0.15, 0.2) is 0 Å². The van der Waals surface area contributed by atoms with Crippen molar-refractivity contribution in [2.45, 2.75) is 51.5 Å². The molecule has 2 aromatic carbocycles. The van der Waals surface area contributed by atoms with Crippen molar-refractivity contribution in [2.75, 3.05) is 13.1 Å². The predicted octanol–water partition coefficient (Wildman–Crippen LogP) is 3.76. The van der Waals surface area contributed by atoms with E-state index in [1.807, 2.05) is 74.5 Å². The Bertz CT molecular complexity index is 828. The predicted molar refractivity (Wildman–Crippen MR) is 115 cm³/mol. The van der Waals surface area contributed by atoms with Gasteiger partial charge in [-0.2, -0.15) is 0 Å². The highest BCUT2D eigenvalue weighted by atomic mass is 16.6. The Balaban J connectivity index is 1.74. The maximum Gasteiger partial charge on any atom is 0.410 e. The summed E-state index contributed by atoms with van der Waals surface area (Å²) in [7, 11) is 0. The molecule has 0 bridgehead atoms. The fourth-order valence-electron chi connectivity index (χ4n) is 4.09. The number of rotatable bonds is 7. The van der Waals surface area contributed by atoms with Gasteiger partial charge in [0.05, 0.1) is 12.1 Å². The minimum Gasteiger partial charge on any atom is -0.445 e. The lowest BCUT2D eigenvalue weighted by molar-refractivity contribution is -0.140. The fourth-order valence-corrected chi connectivity index (χ4v) is 4.09. The number of aliphatic hydroxyl groups excluding tert-OH is 1. The highest BCUT2D eigenvalue weighted by molar-refractivity contribution is 5.87. The van der Waals surface area contributed by atoms with Gasteiger partial charge in [-0.3, -0.25) is 9.69 Å². The molecule has 0 spiro atoms. The number of hydrogen-bond donors (Lipinski definition) is 1. The molecule has 0 saturated carbocycles. The van der Waals surface area contributed by atoms with Gasteiger partial charge in [0, 0.05) is 13.1 Å². The monoisotopic (exact) mass is 410 g/mol. The van der Waals surface area contributed by atoms with Crippen LogP contribution in [-0.2, 0) is 16.1 Å². The molecule has 0 radical (unpaired) electrons. The van der Waals surface area contributed by atoms with Gasteiger partial charge in [-0.05, 0) is 30.9 Å². The van der Waals surface area contributed by atoms with Gasteiger partial charge in [0.25, 0.3) is 0 Å². The Morgan fingerprint density at radius 3 is 2.33 bits per heavy atom. The molecule has 2 aromatic rings. The Labute approximate surface area is 178 Å². The highest BCUT2D eigenvalue weighted by Gasteiger charge is 2.44. The van der Waals surface area contributed by atoms with E-state index in [0.717, 1.165) is 17.5 Å². The lowest BCUT2D eigenvalue weighted by Gasteiger charge is -2.35. The summed E-state index contributed by atoms with van der Waals surface area (Å²) in [5.41, 5.74) is 1.92. The van der Waals surface area contributed by atoms with E-state index in [2.05, 4.69) is 0 Å². The normalized spacial score (nSPS) is 19.4. The van der Waals surface area contributed by atoms with Crippen molar-refractivity contribution >= 4 is 12.0 Å². The summed E-state index contributed by atoms with van der Waals surface area (Å²) >= 11 is 0. The molecule has 6 heteroatoms. The number of aliphatic hydroxyl groups is 1. The van der Waals surface area contributed by atoms with E-state index in [0.29, 0.717) is 19.5 Å². The smallest absolute Gasteiger partial charge is 0.410 e. The topological polar surface area (TPSA) is 70.1 Å². The molecule has 1 aliphatic heterocycles. The minimum absolute atomic E-state index is 0.112. The number of hydrogen-bond acceptors (Lipinski definition) is 4. The van der Waals surface area contributed by atoms with E-state index in [1.165, 1.54) is 4.90 Å².